The van der Waals surface area contributed by atoms with E-state index in [0.29, 0.717) is 11.8 Å². The van der Waals surface area contributed by atoms with Crippen molar-refractivity contribution in [1.29, 1.82) is 0 Å². The first-order valence-corrected chi connectivity index (χ1v) is 6.44. The van der Waals surface area contributed by atoms with Crippen LogP contribution in [0.3, 0.4) is 0 Å². The lowest BCUT2D eigenvalue weighted by Crippen LogP contribution is -2.21. The average molecular weight is 305 g/mol. The topological polar surface area (TPSA) is 55.4 Å². The summed E-state index contributed by atoms with van der Waals surface area (Å²) in [5.41, 5.74) is 1.17. The second-order valence-electron chi connectivity index (χ2n) is 4.61. The minimum atomic E-state index is -1.04. The van der Waals surface area contributed by atoms with E-state index in [2.05, 4.69) is 5.32 Å². The summed E-state index contributed by atoms with van der Waals surface area (Å²) < 4.78 is 30.8. The molecule has 0 aromatic heterocycles. The van der Waals surface area contributed by atoms with Crippen LogP contribution in [0.4, 0.5) is 14.5 Å². The van der Waals surface area contributed by atoms with Crippen molar-refractivity contribution in [3.63, 3.8) is 0 Å². The molecule has 0 fully saturated rings. The number of ether oxygens (including phenoxy) is 1. The number of nitrogens with one attached hydrogen (secondary N) is 1. The van der Waals surface area contributed by atoms with E-state index in [4.69, 9.17) is 4.74 Å². The fraction of sp³-hybridized carbons (Fsp3) is 0.125. The van der Waals surface area contributed by atoms with E-state index < -0.39 is 35.7 Å². The van der Waals surface area contributed by atoms with Gasteiger partial charge in [0, 0.05) is 11.8 Å². The maximum atomic E-state index is 13.4. The molecule has 0 spiro atoms. The number of carbonyl (C=O) groups excluding carboxylic acids is 2. The monoisotopic (exact) mass is 305 g/mol. The molecule has 2 aromatic rings. The number of carbonyl (C=O) groups is 2. The van der Waals surface area contributed by atoms with Gasteiger partial charge in [0.25, 0.3) is 5.91 Å². The number of aryl methyl sites for hydroxylation is 1. The molecule has 0 heterocycles. The Labute approximate surface area is 125 Å². The van der Waals surface area contributed by atoms with Gasteiger partial charge >= 0.3 is 5.97 Å². The Morgan fingerprint density at radius 1 is 1.09 bits per heavy atom. The second-order valence-corrected chi connectivity index (χ2v) is 4.61. The Kier molecular flexibility index (Phi) is 4.83. The SMILES string of the molecule is Cc1ccc(NC(=O)COC(=O)c2ccc(F)cc2F)cc1. The molecule has 0 aliphatic heterocycles. The highest BCUT2D eigenvalue weighted by molar-refractivity contribution is 5.95. The third-order valence-electron chi connectivity index (χ3n) is 2.82. The highest BCUT2D eigenvalue weighted by Crippen LogP contribution is 2.11. The van der Waals surface area contributed by atoms with Gasteiger partial charge in [-0.15, -0.1) is 0 Å². The zero-order chi connectivity index (χ0) is 16.1. The van der Waals surface area contributed by atoms with Crippen molar-refractivity contribution < 1.29 is 23.1 Å². The van der Waals surface area contributed by atoms with E-state index in [0.717, 1.165) is 17.7 Å². The molecule has 0 aliphatic rings. The Bertz CT molecular complexity index is 699. The zero-order valence-electron chi connectivity index (χ0n) is 11.7. The van der Waals surface area contributed by atoms with Crippen LogP contribution in [-0.2, 0) is 9.53 Å². The summed E-state index contributed by atoms with van der Waals surface area (Å²) in [6, 6.07) is 9.51. The van der Waals surface area contributed by atoms with E-state index in [1.54, 1.807) is 12.1 Å². The number of hydrogen-bond acceptors (Lipinski definition) is 3. The molecule has 0 bridgehead atoms. The second kappa shape index (κ2) is 6.80. The third kappa shape index (κ3) is 4.12. The number of halogens is 2. The van der Waals surface area contributed by atoms with Crippen LogP contribution in [0.25, 0.3) is 0 Å². The van der Waals surface area contributed by atoms with Gasteiger partial charge in [-0.1, -0.05) is 17.7 Å². The van der Waals surface area contributed by atoms with Crippen molar-refractivity contribution in [3.8, 4) is 0 Å². The van der Waals surface area contributed by atoms with E-state index in [1.165, 1.54) is 0 Å². The van der Waals surface area contributed by atoms with Gasteiger partial charge < -0.3 is 10.1 Å². The minimum absolute atomic E-state index is 0.426. The third-order valence-corrected chi connectivity index (χ3v) is 2.82. The van der Waals surface area contributed by atoms with Crippen LogP contribution >= 0.6 is 0 Å². The standard InChI is InChI=1S/C16H13F2NO3/c1-10-2-5-12(6-3-10)19-15(20)9-22-16(21)13-7-4-11(17)8-14(13)18/h2-8H,9H2,1H3,(H,19,20). The number of anilines is 1. The molecule has 0 radical (unpaired) electrons. The highest BCUT2D eigenvalue weighted by atomic mass is 19.1. The molecule has 1 N–H and O–H groups in total. The number of esters is 1. The summed E-state index contributed by atoms with van der Waals surface area (Å²) in [4.78, 5) is 23.2. The van der Waals surface area contributed by atoms with Crippen LogP contribution in [0.1, 0.15) is 15.9 Å². The summed E-state index contributed by atoms with van der Waals surface area (Å²) in [6.45, 7) is 1.34. The Morgan fingerprint density at radius 2 is 1.77 bits per heavy atom. The predicted octanol–water partition coefficient (Wildman–Crippen LogP) is 3.07. The first-order valence-electron chi connectivity index (χ1n) is 6.44. The normalized spacial score (nSPS) is 10.1. The molecule has 2 aromatic carbocycles. The zero-order valence-corrected chi connectivity index (χ0v) is 11.7. The molecule has 0 unspecified atom stereocenters. The number of hydrogen-bond donors (Lipinski definition) is 1. The largest absolute Gasteiger partial charge is 0.452 e. The van der Waals surface area contributed by atoms with Crippen molar-refractivity contribution in [2.45, 2.75) is 6.92 Å². The molecular weight excluding hydrogens is 292 g/mol. The van der Waals surface area contributed by atoms with Gasteiger partial charge in [0.2, 0.25) is 0 Å². The first-order chi connectivity index (χ1) is 10.5. The molecular formula is C16H13F2NO3. The van der Waals surface area contributed by atoms with Crippen LogP contribution < -0.4 is 5.32 Å². The average Bonchev–Trinajstić information content (AvgIpc) is 2.47. The fourth-order valence-corrected chi connectivity index (χ4v) is 1.70. The number of benzene rings is 2. The summed E-state index contributed by atoms with van der Waals surface area (Å²) >= 11 is 0. The van der Waals surface area contributed by atoms with Crippen LogP contribution in [0.5, 0.6) is 0 Å². The minimum Gasteiger partial charge on any atom is -0.452 e. The highest BCUT2D eigenvalue weighted by Gasteiger charge is 2.15. The quantitative estimate of drug-likeness (QED) is 0.883. The summed E-state index contributed by atoms with van der Waals surface area (Å²) in [5, 5.41) is 2.53. The van der Waals surface area contributed by atoms with Crippen LogP contribution in [0.15, 0.2) is 42.5 Å². The number of amides is 1. The molecule has 4 nitrogen and oxygen atoms in total. The van der Waals surface area contributed by atoms with Crippen molar-refractivity contribution in [2.75, 3.05) is 11.9 Å². The molecule has 22 heavy (non-hydrogen) atoms. The van der Waals surface area contributed by atoms with E-state index in [-0.39, 0.29) is 0 Å². The van der Waals surface area contributed by atoms with Gasteiger partial charge in [0.1, 0.15) is 11.6 Å². The first kappa shape index (κ1) is 15.6. The lowest BCUT2D eigenvalue weighted by Gasteiger charge is -2.07. The molecule has 0 atom stereocenters. The van der Waals surface area contributed by atoms with Gasteiger partial charge in [-0.25, -0.2) is 13.6 Å². The fourth-order valence-electron chi connectivity index (χ4n) is 1.70. The van der Waals surface area contributed by atoms with E-state index in [9.17, 15) is 18.4 Å². The lowest BCUT2D eigenvalue weighted by atomic mass is 10.2. The molecule has 0 aliphatic carbocycles. The summed E-state index contributed by atoms with van der Waals surface area (Å²) in [7, 11) is 0. The van der Waals surface area contributed by atoms with Crippen molar-refractivity contribution in [2.24, 2.45) is 0 Å². The van der Waals surface area contributed by atoms with Gasteiger partial charge in [-0.3, -0.25) is 4.79 Å². The van der Waals surface area contributed by atoms with Crippen LogP contribution in [-0.4, -0.2) is 18.5 Å². The number of rotatable bonds is 4. The Hall–Kier alpha value is -2.76. The van der Waals surface area contributed by atoms with Crippen molar-refractivity contribution in [1.82, 2.24) is 0 Å². The van der Waals surface area contributed by atoms with Gasteiger partial charge in [-0.2, -0.15) is 0 Å². The molecule has 114 valence electrons. The lowest BCUT2D eigenvalue weighted by molar-refractivity contribution is -0.119. The predicted molar refractivity (Wildman–Crippen MR) is 76.4 cm³/mol. The molecule has 2 rings (SSSR count). The van der Waals surface area contributed by atoms with E-state index in [1.807, 2.05) is 19.1 Å². The summed E-state index contributed by atoms with van der Waals surface area (Å²) in [5.74, 6) is -3.42. The Balaban J connectivity index is 1.90. The van der Waals surface area contributed by atoms with E-state index >= 15 is 0 Å². The summed E-state index contributed by atoms with van der Waals surface area (Å²) in [6.07, 6.45) is 0. The molecule has 0 saturated carbocycles. The van der Waals surface area contributed by atoms with Crippen LogP contribution in [0, 0.1) is 18.6 Å². The molecule has 1 amide bonds. The van der Waals surface area contributed by atoms with Crippen LogP contribution in [0.2, 0.25) is 0 Å². The maximum absolute atomic E-state index is 13.4. The molecule has 0 saturated heterocycles. The van der Waals surface area contributed by atoms with Crippen molar-refractivity contribution >= 4 is 17.6 Å². The Morgan fingerprint density at radius 3 is 2.41 bits per heavy atom. The maximum Gasteiger partial charge on any atom is 0.341 e. The van der Waals surface area contributed by atoms with Gasteiger partial charge in [0.05, 0.1) is 5.56 Å². The van der Waals surface area contributed by atoms with Crippen molar-refractivity contribution in [3.05, 3.63) is 65.2 Å². The molecule has 6 heteroatoms. The smallest absolute Gasteiger partial charge is 0.341 e. The van der Waals surface area contributed by atoms with Gasteiger partial charge in [0.15, 0.2) is 6.61 Å². The van der Waals surface area contributed by atoms with Gasteiger partial charge in [-0.05, 0) is 31.2 Å².